The molecule has 0 aliphatic carbocycles. The molecule has 3 heteroatoms. The van der Waals surface area contributed by atoms with Crippen molar-refractivity contribution >= 4 is 28.4 Å². The van der Waals surface area contributed by atoms with Gasteiger partial charge in [0.15, 0.2) is 0 Å². The van der Waals surface area contributed by atoms with Gasteiger partial charge < -0.3 is 4.74 Å². The van der Waals surface area contributed by atoms with E-state index in [1.165, 1.54) is 11.8 Å². The first-order valence-corrected chi connectivity index (χ1v) is 3.79. The Hall–Kier alpha value is 0.240. The van der Waals surface area contributed by atoms with Crippen molar-refractivity contribution in [1.82, 2.24) is 0 Å². The Morgan fingerprint density at radius 3 is 2.88 bits per heavy atom. The van der Waals surface area contributed by atoms with Gasteiger partial charge in [0.2, 0.25) is 4.38 Å². The summed E-state index contributed by atoms with van der Waals surface area (Å²) in [5.41, 5.74) is 0. The van der Waals surface area contributed by atoms with Gasteiger partial charge in [0.25, 0.3) is 0 Å². The predicted molar refractivity (Wildman–Crippen MR) is 41.8 cm³/mol. The van der Waals surface area contributed by atoms with Crippen molar-refractivity contribution in [2.24, 2.45) is 0 Å². The first-order chi connectivity index (χ1) is 3.81. The van der Waals surface area contributed by atoms with E-state index in [4.69, 9.17) is 17.0 Å². The van der Waals surface area contributed by atoms with E-state index in [2.05, 4.69) is 6.26 Å². The van der Waals surface area contributed by atoms with E-state index < -0.39 is 0 Å². The van der Waals surface area contributed by atoms with Gasteiger partial charge in [-0.1, -0.05) is 18.7 Å². The molecule has 0 aliphatic heterocycles. The second-order valence-electron chi connectivity index (χ2n) is 1.24. The second kappa shape index (κ2) is 5.38. The smallest absolute Gasteiger partial charge is 0.219 e. The quantitative estimate of drug-likeness (QED) is 0.557. The van der Waals surface area contributed by atoms with Crippen LogP contribution in [0, 0.1) is 6.26 Å². The average molecular weight is 149 g/mol. The van der Waals surface area contributed by atoms with E-state index >= 15 is 0 Å². The molecule has 8 heavy (non-hydrogen) atoms. The minimum atomic E-state index is 0.534. The summed E-state index contributed by atoms with van der Waals surface area (Å²) in [6, 6.07) is 0. The molecule has 0 atom stereocenters. The molecule has 0 fully saturated rings. The van der Waals surface area contributed by atoms with Crippen molar-refractivity contribution < 1.29 is 4.74 Å². The lowest BCUT2D eigenvalue weighted by atomic mass is 10.5. The molecule has 1 radical (unpaired) electrons. The summed E-state index contributed by atoms with van der Waals surface area (Å²) in [7, 11) is 0. The predicted octanol–water partition coefficient (Wildman–Crippen LogP) is 2.22. The van der Waals surface area contributed by atoms with Crippen LogP contribution in [0.2, 0.25) is 0 Å². The fourth-order valence-corrected chi connectivity index (χ4v) is 0.477. The molecule has 0 aliphatic rings. The monoisotopic (exact) mass is 149 g/mol. The minimum absolute atomic E-state index is 0.534. The van der Waals surface area contributed by atoms with Crippen molar-refractivity contribution in [3.63, 3.8) is 0 Å². The highest BCUT2D eigenvalue weighted by Gasteiger charge is 1.89. The van der Waals surface area contributed by atoms with Crippen molar-refractivity contribution in [1.29, 1.82) is 0 Å². The summed E-state index contributed by atoms with van der Waals surface area (Å²) in [6.07, 6.45) is 4.49. The Labute approximate surface area is 59.8 Å². The van der Waals surface area contributed by atoms with Crippen LogP contribution in [0.5, 0.6) is 0 Å². The molecule has 0 aromatic heterocycles. The minimum Gasteiger partial charge on any atom is -0.479 e. The second-order valence-corrected chi connectivity index (χ2v) is 2.53. The molecule has 0 heterocycles. The Bertz CT molecular complexity index is 72.8. The number of hydrogen-bond acceptors (Lipinski definition) is 3. The zero-order chi connectivity index (χ0) is 6.41. The molecule has 0 saturated heterocycles. The fourth-order valence-electron chi connectivity index (χ4n) is 0.227. The third-order valence-corrected chi connectivity index (χ3v) is 1.37. The van der Waals surface area contributed by atoms with Crippen LogP contribution in [-0.2, 0) is 4.74 Å². The molecule has 0 N–H and O–H groups in total. The lowest BCUT2D eigenvalue weighted by molar-refractivity contribution is 0.322. The normalized spacial score (nSPS) is 8.75. The van der Waals surface area contributed by atoms with Crippen molar-refractivity contribution in [2.45, 2.75) is 13.3 Å². The number of rotatable bonds is 2. The topological polar surface area (TPSA) is 9.23 Å². The van der Waals surface area contributed by atoms with Crippen LogP contribution in [-0.4, -0.2) is 11.0 Å². The molecular formula is C5H9OS2. The van der Waals surface area contributed by atoms with Crippen LogP contribution in [0.15, 0.2) is 0 Å². The van der Waals surface area contributed by atoms with Crippen molar-refractivity contribution in [3.8, 4) is 0 Å². The summed E-state index contributed by atoms with van der Waals surface area (Å²) >= 11 is 5.92. The number of ether oxygens (including phenoxy) is 1. The van der Waals surface area contributed by atoms with Gasteiger partial charge in [0.05, 0.1) is 6.61 Å². The molecule has 47 valence electrons. The first kappa shape index (κ1) is 8.24. The SMILES string of the molecule is [CH2]SC(=S)OCCC. The maximum Gasteiger partial charge on any atom is 0.219 e. The number of thiocarbonyl (C=S) groups is 1. The van der Waals surface area contributed by atoms with Crippen molar-refractivity contribution in [2.75, 3.05) is 6.61 Å². The first-order valence-electron chi connectivity index (χ1n) is 2.40. The summed E-state index contributed by atoms with van der Waals surface area (Å²) in [5.74, 6) is 0. The van der Waals surface area contributed by atoms with Gasteiger partial charge >= 0.3 is 0 Å². The van der Waals surface area contributed by atoms with Gasteiger partial charge in [-0.2, -0.15) is 0 Å². The Morgan fingerprint density at radius 1 is 1.88 bits per heavy atom. The third kappa shape index (κ3) is 4.40. The largest absolute Gasteiger partial charge is 0.479 e. The summed E-state index contributed by atoms with van der Waals surface area (Å²) < 4.78 is 5.51. The standard InChI is InChI=1S/C5H9OS2/c1-3-4-6-5(7)8-2/h2-4H2,1H3. The van der Waals surface area contributed by atoms with Gasteiger partial charge in [-0.05, 0) is 18.6 Å². The van der Waals surface area contributed by atoms with Crippen LogP contribution in [0.1, 0.15) is 13.3 Å². The van der Waals surface area contributed by atoms with Gasteiger partial charge in [0, 0.05) is 6.26 Å². The molecular weight excluding hydrogens is 140 g/mol. The van der Waals surface area contributed by atoms with Gasteiger partial charge in [-0.15, -0.1) is 0 Å². The Balaban J connectivity index is 2.99. The van der Waals surface area contributed by atoms with Crippen LogP contribution in [0.4, 0.5) is 0 Å². The van der Waals surface area contributed by atoms with E-state index in [1.807, 2.05) is 6.92 Å². The maximum absolute atomic E-state index is 4.97. The van der Waals surface area contributed by atoms with Gasteiger partial charge in [0.1, 0.15) is 0 Å². The Morgan fingerprint density at radius 2 is 2.50 bits per heavy atom. The number of hydrogen-bond donors (Lipinski definition) is 0. The van der Waals surface area contributed by atoms with E-state index in [-0.39, 0.29) is 0 Å². The molecule has 1 nitrogen and oxygen atoms in total. The van der Waals surface area contributed by atoms with Gasteiger partial charge in [-0.3, -0.25) is 0 Å². The maximum atomic E-state index is 4.97. The molecule has 0 aromatic rings. The summed E-state index contributed by atoms with van der Waals surface area (Å²) in [5, 5.41) is 0. The Kier molecular flexibility index (Phi) is 5.54. The lowest BCUT2D eigenvalue weighted by Gasteiger charge is -1.99. The van der Waals surface area contributed by atoms with E-state index in [9.17, 15) is 0 Å². The van der Waals surface area contributed by atoms with E-state index in [0.29, 0.717) is 11.0 Å². The average Bonchev–Trinajstić information content (AvgIpc) is 1.83. The highest BCUT2D eigenvalue weighted by molar-refractivity contribution is 8.23. The lowest BCUT2D eigenvalue weighted by Crippen LogP contribution is -1.95. The molecule has 0 bridgehead atoms. The molecule has 0 saturated carbocycles. The third-order valence-electron chi connectivity index (χ3n) is 0.542. The molecule has 0 unspecified atom stereocenters. The van der Waals surface area contributed by atoms with Crippen LogP contribution in [0.25, 0.3) is 0 Å². The highest BCUT2D eigenvalue weighted by atomic mass is 32.2. The van der Waals surface area contributed by atoms with E-state index in [0.717, 1.165) is 6.42 Å². The van der Waals surface area contributed by atoms with Crippen LogP contribution < -0.4 is 0 Å². The fraction of sp³-hybridized carbons (Fsp3) is 0.600. The highest BCUT2D eigenvalue weighted by Crippen LogP contribution is 2.01. The zero-order valence-corrected chi connectivity index (χ0v) is 6.48. The summed E-state index contributed by atoms with van der Waals surface area (Å²) in [4.78, 5) is 0. The number of thioether (sulfide) groups is 1. The van der Waals surface area contributed by atoms with Crippen LogP contribution in [0.3, 0.4) is 0 Å². The molecule has 0 spiro atoms. The molecule has 0 amide bonds. The molecule has 0 aromatic carbocycles. The van der Waals surface area contributed by atoms with Crippen molar-refractivity contribution in [3.05, 3.63) is 6.26 Å². The molecule has 0 rings (SSSR count). The van der Waals surface area contributed by atoms with E-state index in [1.54, 1.807) is 0 Å². The zero-order valence-electron chi connectivity index (χ0n) is 4.85. The van der Waals surface area contributed by atoms with Crippen LogP contribution >= 0.6 is 24.0 Å². The summed E-state index contributed by atoms with van der Waals surface area (Å²) in [6.45, 7) is 2.75. The van der Waals surface area contributed by atoms with Gasteiger partial charge in [-0.25, -0.2) is 0 Å².